The van der Waals surface area contributed by atoms with Crippen molar-refractivity contribution in [2.24, 2.45) is 0 Å². The van der Waals surface area contributed by atoms with Gasteiger partial charge in [-0.2, -0.15) is 0 Å². The molecule has 0 radical (unpaired) electrons. The van der Waals surface area contributed by atoms with E-state index in [9.17, 15) is 5.11 Å². The van der Waals surface area contributed by atoms with E-state index >= 15 is 0 Å². The molecule has 1 atom stereocenters. The second-order valence-electron chi connectivity index (χ2n) is 3.41. The summed E-state index contributed by atoms with van der Waals surface area (Å²) in [7, 11) is 0. The third-order valence-electron chi connectivity index (χ3n) is 2.25. The van der Waals surface area contributed by atoms with Gasteiger partial charge in [-0.3, -0.25) is 0 Å². The molecule has 0 amide bonds. The maximum Gasteiger partial charge on any atom is 0.114 e. The monoisotopic (exact) mass is 302 g/mol. The minimum atomic E-state index is -0.480. The Morgan fingerprint density at radius 2 is 2.00 bits per heavy atom. The predicted octanol–water partition coefficient (Wildman–Crippen LogP) is 4.27. The minimum Gasteiger partial charge on any atom is -0.383 e. The lowest BCUT2D eigenvalue weighted by Crippen LogP contribution is -1.96. The van der Waals surface area contributed by atoms with Crippen LogP contribution in [0.4, 0.5) is 0 Å². The van der Waals surface area contributed by atoms with Crippen molar-refractivity contribution in [2.75, 3.05) is 0 Å². The van der Waals surface area contributed by atoms with Gasteiger partial charge in [0, 0.05) is 20.2 Å². The van der Waals surface area contributed by atoms with Crippen LogP contribution in [-0.2, 0) is 0 Å². The second kappa shape index (κ2) is 4.37. The lowest BCUT2D eigenvalue weighted by molar-refractivity contribution is 0.224. The standard InChI is InChI=1S/C11H11BrOS2/c1-6-3-4-9(14-6)11(13)8-5-10(12)15-7(8)2/h3-5,11,13H,1-2H3. The Labute approximate surface area is 106 Å². The molecule has 0 aliphatic carbocycles. The number of hydrogen-bond donors (Lipinski definition) is 1. The Bertz CT molecular complexity index is 473. The molecule has 0 fully saturated rings. The molecule has 0 bridgehead atoms. The molecule has 4 heteroatoms. The van der Waals surface area contributed by atoms with E-state index in [4.69, 9.17) is 0 Å². The van der Waals surface area contributed by atoms with Crippen LogP contribution in [-0.4, -0.2) is 5.11 Å². The summed E-state index contributed by atoms with van der Waals surface area (Å²) < 4.78 is 1.07. The van der Waals surface area contributed by atoms with Gasteiger partial charge in [0.2, 0.25) is 0 Å². The largest absolute Gasteiger partial charge is 0.383 e. The van der Waals surface area contributed by atoms with Crippen molar-refractivity contribution < 1.29 is 5.11 Å². The molecule has 1 unspecified atom stereocenters. The van der Waals surface area contributed by atoms with Gasteiger partial charge >= 0.3 is 0 Å². The first-order chi connectivity index (χ1) is 7.08. The fourth-order valence-electron chi connectivity index (χ4n) is 1.48. The highest BCUT2D eigenvalue weighted by atomic mass is 79.9. The highest BCUT2D eigenvalue weighted by Crippen LogP contribution is 2.35. The van der Waals surface area contributed by atoms with Gasteiger partial charge < -0.3 is 5.11 Å². The fourth-order valence-corrected chi connectivity index (χ4v) is 4.11. The highest BCUT2D eigenvalue weighted by molar-refractivity contribution is 9.11. The van der Waals surface area contributed by atoms with E-state index in [0.29, 0.717) is 0 Å². The molecule has 2 rings (SSSR count). The van der Waals surface area contributed by atoms with Gasteiger partial charge in [0.25, 0.3) is 0 Å². The van der Waals surface area contributed by atoms with E-state index in [1.165, 1.54) is 9.75 Å². The SMILES string of the molecule is Cc1ccc(C(O)c2cc(Br)sc2C)s1. The van der Waals surface area contributed by atoms with Crippen LogP contribution < -0.4 is 0 Å². The van der Waals surface area contributed by atoms with Gasteiger partial charge in [0.1, 0.15) is 6.10 Å². The maximum atomic E-state index is 10.2. The van der Waals surface area contributed by atoms with Crippen LogP contribution in [0.5, 0.6) is 0 Å². The molecule has 0 aliphatic heterocycles. The maximum absolute atomic E-state index is 10.2. The van der Waals surface area contributed by atoms with Crippen molar-refractivity contribution in [2.45, 2.75) is 20.0 Å². The topological polar surface area (TPSA) is 20.2 Å². The Morgan fingerprint density at radius 3 is 2.47 bits per heavy atom. The molecule has 0 aromatic carbocycles. The van der Waals surface area contributed by atoms with E-state index in [2.05, 4.69) is 22.9 Å². The van der Waals surface area contributed by atoms with Crippen LogP contribution in [0.1, 0.15) is 26.3 Å². The van der Waals surface area contributed by atoms with Gasteiger partial charge in [-0.05, 0) is 48.0 Å². The minimum absolute atomic E-state index is 0.480. The summed E-state index contributed by atoms with van der Waals surface area (Å²) in [6.07, 6.45) is -0.480. The first-order valence-corrected chi connectivity index (χ1v) is 7.01. The zero-order chi connectivity index (χ0) is 11.0. The van der Waals surface area contributed by atoms with Crippen molar-refractivity contribution in [3.05, 3.63) is 42.2 Å². The smallest absolute Gasteiger partial charge is 0.114 e. The molecule has 0 spiro atoms. The van der Waals surface area contributed by atoms with Crippen molar-refractivity contribution in [1.82, 2.24) is 0 Å². The van der Waals surface area contributed by atoms with E-state index in [0.717, 1.165) is 14.2 Å². The fraction of sp³-hybridized carbons (Fsp3) is 0.273. The molecule has 1 nitrogen and oxygen atoms in total. The Morgan fingerprint density at radius 1 is 1.27 bits per heavy atom. The summed E-state index contributed by atoms with van der Waals surface area (Å²) in [5, 5.41) is 10.2. The van der Waals surface area contributed by atoms with Crippen LogP contribution in [0, 0.1) is 13.8 Å². The Balaban J connectivity index is 2.35. The van der Waals surface area contributed by atoms with Crippen LogP contribution >= 0.6 is 38.6 Å². The van der Waals surface area contributed by atoms with Crippen LogP contribution in [0.2, 0.25) is 0 Å². The van der Waals surface area contributed by atoms with Gasteiger partial charge in [-0.1, -0.05) is 0 Å². The highest BCUT2D eigenvalue weighted by Gasteiger charge is 2.16. The molecule has 15 heavy (non-hydrogen) atoms. The Hall–Kier alpha value is -0.160. The molecule has 2 aromatic heterocycles. The first-order valence-electron chi connectivity index (χ1n) is 4.58. The number of halogens is 1. The van der Waals surface area contributed by atoms with Gasteiger partial charge in [-0.15, -0.1) is 22.7 Å². The normalized spacial score (nSPS) is 13.1. The third-order valence-corrected chi connectivity index (χ3v) is 4.87. The van der Waals surface area contributed by atoms with Crippen LogP contribution in [0.25, 0.3) is 0 Å². The zero-order valence-corrected chi connectivity index (χ0v) is 11.7. The lowest BCUT2D eigenvalue weighted by Gasteiger charge is -2.07. The number of aliphatic hydroxyl groups is 1. The summed E-state index contributed by atoms with van der Waals surface area (Å²) in [6, 6.07) is 6.04. The molecule has 1 N–H and O–H groups in total. The van der Waals surface area contributed by atoms with Gasteiger partial charge in [0.05, 0.1) is 3.79 Å². The molecular weight excluding hydrogens is 292 g/mol. The van der Waals surface area contributed by atoms with Crippen molar-refractivity contribution in [3.8, 4) is 0 Å². The third kappa shape index (κ3) is 2.33. The molecule has 80 valence electrons. The van der Waals surface area contributed by atoms with E-state index in [1.54, 1.807) is 22.7 Å². The molecule has 0 saturated carbocycles. The quantitative estimate of drug-likeness (QED) is 0.878. The summed E-state index contributed by atoms with van der Waals surface area (Å²) >= 11 is 6.75. The average molecular weight is 303 g/mol. The van der Waals surface area contributed by atoms with E-state index < -0.39 is 6.10 Å². The van der Waals surface area contributed by atoms with Crippen LogP contribution in [0.3, 0.4) is 0 Å². The van der Waals surface area contributed by atoms with Gasteiger partial charge in [-0.25, -0.2) is 0 Å². The van der Waals surface area contributed by atoms with Crippen molar-refractivity contribution >= 4 is 38.6 Å². The molecule has 0 saturated heterocycles. The first kappa shape index (κ1) is 11.3. The predicted molar refractivity (Wildman–Crippen MR) is 69.9 cm³/mol. The number of thiophene rings is 2. The zero-order valence-electron chi connectivity index (χ0n) is 8.45. The average Bonchev–Trinajstić information content (AvgIpc) is 2.71. The van der Waals surface area contributed by atoms with Crippen LogP contribution in [0.15, 0.2) is 22.0 Å². The number of hydrogen-bond acceptors (Lipinski definition) is 3. The number of aliphatic hydroxyl groups excluding tert-OH is 1. The van der Waals surface area contributed by atoms with Crippen molar-refractivity contribution in [1.29, 1.82) is 0 Å². The van der Waals surface area contributed by atoms with E-state index in [1.807, 2.05) is 25.1 Å². The number of aryl methyl sites for hydroxylation is 2. The molecule has 2 heterocycles. The summed E-state index contributed by atoms with van der Waals surface area (Å²) in [6.45, 7) is 4.09. The number of rotatable bonds is 2. The van der Waals surface area contributed by atoms with E-state index in [-0.39, 0.29) is 0 Å². The van der Waals surface area contributed by atoms with Crippen molar-refractivity contribution in [3.63, 3.8) is 0 Å². The molecule has 2 aromatic rings. The molecule has 0 aliphatic rings. The second-order valence-corrected chi connectivity index (χ2v) is 7.37. The Kier molecular flexibility index (Phi) is 3.30. The molecular formula is C11H11BrOS2. The lowest BCUT2D eigenvalue weighted by atomic mass is 10.1. The summed E-state index contributed by atoms with van der Waals surface area (Å²) in [5.74, 6) is 0. The summed E-state index contributed by atoms with van der Waals surface area (Å²) in [4.78, 5) is 3.41. The summed E-state index contributed by atoms with van der Waals surface area (Å²) in [5.41, 5.74) is 1.01. The van der Waals surface area contributed by atoms with Gasteiger partial charge in [0.15, 0.2) is 0 Å².